The minimum atomic E-state index is 0.0704. The van der Waals surface area contributed by atoms with E-state index in [0.29, 0.717) is 29.7 Å². The molecule has 1 aromatic carbocycles. The van der Waals surface area contributed by atoms with E-state index in [2.05, 4.69) is 5.32 Å². The molecule has 0 aliphatic heterocycles. The number of likely N-dealkylation sites (N-methyl/N-ethyl adjacent to an activating group) is 2. The van der Waals surface area contributed by atoms with Gasteiger partial charge < -0.3 is 10.2 Å². The average molecular weight is 275 g/mol. The van der Waals surface area contributed by atoms with Crippen molar-refractivity contribution in [2.45, 2.75) is 13.5 Å². The maximum Gasteiger partial charge on any atom is 0.236 e. The summed E-state index contributed by atoms with van der Waals surface area (Å²) in [5.74, 6) is 0.0704. The normalized spacial score (nSPS) is 10.4. The maximum absolute atomic E-state index is 11.7. The molecule has 0 spiro atoms. The summed E-state index contributed by atoms with van der Waals surface area (Å²) in [6.45, 7) is 3.51. The van der Waals surface area contributed by atoms with Crippen LogP contribution in [0, 0.1) is 0 Å². The Kier molecular flexibility index (Phi) is 5.75. The highest BCUT2D eigenvalue weighted by Gasteiger charge is 2.11. The van der Waals surface area contributed by atoms with Crippen molar-refractivity contribution in [3.05, 3.63) is 33.8 Å². The first-order valence-electron chi connectivity index (χ1n) is 5.44. The molecule has 1 rings (SSSR count). The molecule has 0 aliphatic rings. The van der Waals surface area contributed by atoms with Crippen LogP contribution in [0.1, 0.15) is 12.5 Å². The molecule has 0 unspecified atom stereocenters. The van der Waals surface area contributed by atoms with Crippen LogP contribution in [0.5, 0.6) is 0 Å². The van der Waals surface area contributed by atoms with E-state index in [9.17, 15) is 4.79 Å². The van der Waals surface area contributed by atoms with Crippen LogP contribution in [0.3, 0.4) is 0 Å². The van der Waals surface area contributed by atoms with E-state index >= 15 is 0 Å². The van der Waals surface area contributed by atoms with Crippen molar-refractivity contribution in [3.63, 3.8) is 0 Å². The van der Waals surface area contributed by atoms with Crippen molar-refractivity contribution in [2.75, 3.05) is 20.1 Å². The van der Waals surface area contributed by atoms with Crippen molar-refractivity contribution in [1.82, 2.24) is 10.2 Å². The fraction of sp³-hybridized carbons (Fsp3) is 0.417. The molecule has 0 bridgehead atoms. The first kappa shape index (κ1) is 14.3. The van der Waals surface area contributed by atoms with Gasteiger partial charge in [-0.3, -0.25) is 4.79 Å². The summed E-state index contributed by atoms with van der Waals surface area (Å²) in [4.78, 5) is 13.5. The number of nitrogens with one attached hydrogen (secondary N) is 1. The second-order valence-corrected chi connectivity index (χ2v) is 4.50. The van der Waals surface area contributed by atoms with Gasteiger partial charge in [0, 0.05) is 13.1 Å². The molecule has 0 saturated heterocycles. The standard InChI is InChI=1S/C12H16Cl2N2O/c1-3-16(12(17)7-15-2)8-9-4-5-10(13)11(14)6-9/h4-6,15H,3,7-8H2,1-2H3. The van der Waals surface area contributed by atoms with Crippen molar-refractivity contribution in [1.29, 1.82) is 0 Å². The summed E-state index contributed by atoms with van der Waals surface area (Å²) in [7, 11) is 1.75. The fourth-order valence-corrected chi connectivity index (χ4v) is 1.82. The van der Waals surface area contributed by atoms with Crippen LogP contribution < -0.4 is 5.32 Å². The van der Waals surface area contributed by atoms with E-state index in [1.165, 1.54) is 0 Å². The van der Waals surface area contributed by atoms with Gasteiger partial charge in [0.2, 0.25) is 5.91 Å². The molecule has 0 aromatic heterocycles. The van der Waals surface area contributed by atoms with Crippen molar-refractivity contribution in [2.24, 2.45) is 0 Å². The highest BCUT2D eigenvalue weighted by Crippen LogP contribution is 2.23. The van der Waals surface area contributed by atoms with Crippen LogP contribution in [0.15, 0.2) is 18.2 Å². The summed E-state index contributed by atoms with van der Waals surface area (Å²) in [5, 5.41) is 3.89. The van der Waals surface area contributed by atoms with Crippen molar-refractivity contribution in [3.8, 4) is 0 Å². The Labute approximate surface area is 112 Å². The molecular weight excluding hydrogens is 259 g/mol. The summed E-state index contributed by atoms with van der Waals surface area (Å²) in [6.07, 6.45) is 0. The number of hydrogen-bond donors (Lipinski definition) is 1. The first-order valence-corrected chi connectivity index (χ1v) is 6.20. The number of carbonyl (C=O) groups excluding carboxylic acids is 1. The van der Waals surface area contributed by atoms with Gasteiger partial charge in [0.15, 0.2) is 0 Å². The molecule has 0 atom stereocenters. The third kappa shape index (κ3) is 4.19. The molecule has 3 nitrogen and oxygen atoms in total. The first-order chi connectivity index (χ1) is 8.08. The molecular formula is C12H16Cl2N2O. The van der Waals surface area contributed by atoms with Gasteiger partial charge in [-0.25, -0.2) is 0 Å². The van der Waals surface area contributed by atoms with Gasteiger partial charge in [-0.15, -0.1) is 0 Å². The third-order valence-corrected chi connectivity index (χ3v) is 3.16. The highest BCUT2D eigenvalue weighted by molar-refractivity contribution is 6.42. The molecule has 5 heteroatoms. The lowest BCUT2D eigenvalue weighted by molar-refractivity contribution is -0.130. The molecule has 0 aliphatic carbocycles. The molecule has 94 valence electrons. The van der Waals surface area contributed by atoms with E-state index in [1.807, 2.05) is 13.0 Å². The van der Waals surface area contributed by atoms with E-state index in [0.717, 1.165) is 5.56 Å². The van der Waals surface area contributed by atoms with Crippen LogP contribution in [0.4, 0.5) is 0 Å². The second-order valence-electron chi connectivity index (χ2n) is 3.69. The van der Waals surface area contributed by atoms with Gasteiger partial charge in [-0.05, 0) is 31.7 Å². The Hall–Kier alpha value is -0.770. The summed E-state index contributed by atoms with van der Waals surface area (Å²) in [5.41, 5.74) is 0.978. The largest absolute Gasteiger partial charge is 0.338 e. The van der Waals surface area contributed by atoms with Crippen LogP contribution in [-0.4, -0.2) is 30.9 Å². The van der Waals surface area contributed by atoms with E-state index in [4.69, 9.17) is 23.2 Å². The van der Waals surface area contributed by atoms with E-state index < -0.39 is 0 Å². The zero-order chi connectivity index (χ0) is 12.8. The minimum absolute atomic E-state index is 0.0704. The van der Waals surface area contributed by atoms with Crippen LogP contribution in [-0.2, 0) is 11.3 Å². The van der Waals surface area contributed by atoms with Crippen LogP contribution in [0.25, 0.3) is 0 Å². The quantitative estimate of drug-likeness (QED) is 0.895. The zero-order valence-corrected chi connectivity index (χ0v) is 11.5. The molecule has 0 saturated carbocycles. The minimum Gasteiger partial charge on any atom is -0.338 e. The highest BCUT2D eigenvalue weighted by atomic mass is 35.5. The number of nitrogens with zero attached hydrogens (tertiary/aromatic N) is 1. The van der Waals surface area contributed by atoms with E-state index in [-0.39, 0.29) is 5.91 Å². The summed E-state index contributed by atoms with van der Waals surface area (Å²) in [6, 6.07) is 5.42. The van der Waals surface area contributed by atoms with Crippen molar-refractivity contribution < 1.29 is 4.79 Å². The summed E-state index contributed by atoms with van der Waals surface area (Å²) >= 11 is 11.8. The van der Waals surface area contributed by atoms with Gasteiger partial charge in [0.1, 0.15) is 0 Å². The molecule has 0 heterocycles. The number of carbonyl (C=O) groups is 1. The number of amides is 1. The van der Waals surface area contributed by atoms with E-state index in [1.54, 1.807) is 24.1 Å². The van der Waals surface area contributed by atoms with Gasteiger partial charge in [0.05, 0.1) is 16.6 Å². The van der Waals surface area contributed by atoms with Crippen LogP contribution in [0.2, 0.25) is 10.0 Å². The Bertz CT molecular complexity index is 396. The monoisotopic (exact) mass is 274 g/mol. The SMILES string of the molecule is CCN(Cc1ccc(Cl)c(Cl)c1)C(=O)CNC. The maximum atomic E-state index is 11.7. The number of hydrogen-bond acceptors (Lipinski definition) is 2. The van der Waals surface area contributed by atoms with Gasteiger partial charge in [-0.2, -0.15) is 0 Å². The lowest BCUT2D eigenvalue weighted by Gasteiger charge is -2.21. The van der Waals surface area contributed by atoms with Crippen LogP contribution >= 0.6 is 23.2 Å². The number of halogens is 2. The Morgan fingerprint density at radius 3 is 2.59 bits per heavy atom. The molecule has 0 radical (unpaired) electrons. The second kappa shape index (κ2) is 6.84. The molecule has 17 heavy (non-hydrogen) atoms. The molecule has 1 amide bonds. The Morgan fingerprint density at radius 1 is 1.35 bits per heavy atom. The summed E-state index contributed by atoms with van der Waals surface area (Å²) < 4.78 is 0. The predicted octanol–water partition coefficient (Wildman–Crippen LogP) is 2.56. The number of benzene rings is 1. The smallest absolute Gasteiger partial charge is 0.236 e. The molecule has 1 aromatic rings. The van der Waals surface area contributed by atoms with Gasteiger partial charge in [-0.1, -0.05) is 29.3 Å². The van der Waals surface area contributed by atoms with Gasteiger partial charge >= 0.3 is 0 Å². The lowest BCUT2D eigenvalue weighted by Crippen LogP contribution is -2.36. The third-order valence-electron chi connectivity index (χ3n) is 2.42. The van der Waals surface area contributed by atoms with Crippen molar-refractivity contribution >= 4 is 29.1 Å². The topological polar surface area (TPSA) is 32.3 Å². The van der Waals surface area contributed by atoms with Gasteiger partial charge in [0.25, 0.3) is 0 Å². The number of rotatable bonds is 5. The fourth-order valence-electron chi connectivity index (χ4n) is 1.50. The lowest BCUT2D eigenvalue weighted by atomic mass is 10.2. The zero-order valence-electron chi connectivity index (χ0n) is 9.96. The average Bonchev–Trinajstić information content (AvgIpc) is 2.30. The Balaban J connectivity index is 2.73. The predicted molar refractivity (Wildman–Crippen MR) is 71.5 cm³/mol. The molecule has 0 fully saturated rings. The Morgan fingerprint density at radius 2 is 2.06 bits per heavy atom. The molecule has 1 N–H and O–H groups in total.